The van der Waals surface area contributed by atoms with Crippen LogP contribution in [0.1, 0.15) is 17.3 Å². The number of para-hydroxylation sites is 2. The largest absolute Gasteiger partial charge is 0.449 e. The second-order valence-corrected chi connectivity index (χ2v) is 7.56. The lowest BCUT2D eigenvalue weighted by Crippen LogP contribution is -2.30. The minimum atomic E-state index is -3.67. The molecule has 1 amide bonds. The van der Waals surface area contributed by atoms with E-state index in [-0.39, 0.29) is 21.8 Å². The molecule has 1 N–H and O–H groups in total. The van der Waals surface area contributed by atoms with Crippen LogP contribution in [-0.4, -0.2) is 37.6 Å². The topological polar surface area (TPSA) is 133 Å². The van der Waals surface area contributed by atoms with Gasteiger partial charge in [-0.1, -0.05) is 24.3 Å². The first-order valence-electron chi connectivity index (χ1n) is 7.65. The quantitative estimate of drug-likeness (QED) is 0.452. The third kappa shape index (κ3) is 4.88. The summed E-state index contributed by atoms with van der Waals surface area (Å²) in [6, 6.07) is 10.9. The average Bonchev–Trinajstić information content (AvgIpc) is 2.61. The van der Waals surface area contributed by atoms with Gasteiger partial charge in [-0.2, -0.15) is 0 Å². The highest BCUT2D eigenvalue weighted by Gasteiger charge is 2.25. The predicted molar refractivity (Wildman–Crippen MR) is 96.2 cm³/mol. The normalized spacial score (nSPS) is 12.1. The molecule has 2 aromatic carbocycles. The van der Waals surface area contributed by atoms with E-state index in [0.29, 0.717) is 0 Å². The molecule has 0 aliphatic rings. The van der Waals surface area contributed by atoms with Gasteiger partial charge < -0.3 is 10.1 Å². The summed E-state index contributed by atoms with van der Waals surface area (Å²) >= 11 is 0. The van der Waals surface area contributed by atoms with E-state index in [1.807, 2.05) is 0 Å². The Bertz CT molecular complexity index is 1000. The van der Waals surface area contributed by atoms with Crippen LogP contribution in [0.4, 0.5) is 11.4 Å². The van der Waals surface area contributed by atoms with Gasteiger partial charge in [0.25, 0.3) is 11.6 Å². The number of hydrogen-bond donors (Lipinski definition) is 1. The lowest BCUT2D eigenvalue weighted by molar-refractivity contribution is -0.383. The van der Waals surface area contributed by atoms with Crippen molar-refractivity contribution in [3.8, 4) is 0 Å². The molecule has 0 saturated carbocycles. The molecule has 0 radical (unpaired) electrons. The Balaban J connectivity index is 2.16. The summed E-state index contributed by atoms with van der Waals surface area (Å²) in [6.07, 6.45) is -0.367. The monoisotopic (exact) mass is 392 g/mol. The van der Waals surface area contributed by atoms with E-state index in [0.717, 1.165) is 6.26 Å². The van der Waals surface area contributed by atoms with Gasteiger partial charge in [-0.15, -0.1) is 0 Å². The van der Waals surface area contributed by atoms with Crippen LogP contribution in [0.2, 0.25) is 0 Å². The van der Waals surface area contributed by atoms with Crippen molar-refractivity contribution in [3.05, 3.63) is 64.2 Å². The molecule has 0 fully saturated rings. The van der Waals surface area contributed by atoms with Crippen molar-refractivity contribution >= 4 is 33.1 Å². The van der Waals surface area contributed by atoms with Crippen LogP contribution in [0.3, 0.4) is 0 Å². The molecule has 2 rings (SSSR count). The smallest absolute Gasteiger partial charge is 0.340 e. The van der Waals surface area contributed by atoms with E-state index in [4.69, 9.17) is 4.74 Å². The predicted octanol–water partition coefficient (Wildman–Crippen LogP) is 2.18. The minimum Gasteiger partial charge on any atom is -0.449 e. The van der Waals surface area contributed by atoms with E-state index >= 15 is 0 Å². The van der Waals surface area contributed by atoms with Crippen LogP contribution in [0.25, 0.3) is 0 Å². The fourth-order valence-electron chi connectivity index (χ4n) is 2.21. The van der Waals surface area contributed by atoms with Crippen LogP contribution in [0.15, 0.2) is 53.4 Å². The van der Waals surface area contributed by atoms with Gasteiger partial charge in [0.1, 0.15) is 5.69 Å². The Kier molecular flexibility index (Phi) is 5.91. The first-order valence-corrected chi connectivity index (χ1v) is 9.54. The number of nitro benzene ring substituents is 1. The van der Waals surface area contributed by atoms with E-state index in [2.05, 4.69) is 5.32 Å². The third-order valence-corrected chi connectivity index (χ3v) is 4.67. The molecule has 0 aliphatic heterocycles. The molecule has 0 aromatic heterocycles. The number of carbonyl (C=O) groups is 2. The Hall–Kier alpha value is -3.27. The van der Waals surface area contributed by atoms with Crippen molar-refractivity contribution in [2.24, 2.45) is 0 Å². The second kappa shape index (κ2) is 7.96. The number of benzene rings is 2. The van der Waals surface area contributed by atoms with Crippen molar-refractivity contribution in [1.82, 2.24) is 0 Å². The summed E-state index contributed by atoms with van der Waals surface area (Å²) in [5, 5.41) is 13.3. The fourth-order valence-corrected chi connectivity index (χ4v) is 3.09. The Morgan fingerprint density at radius 3 is 2.33 bits per heavy atom. The van der Waals surface area contributed by atoms with E-state index in [9.17, 15) is 28.1 Å². The number of amides is 1. The lowest BCUT2D eigenvalue weighted by atomic mass is 10.2. The summed E-state index contributed by atoms with van der Waals surface area (Å²) in [6.45, 7) is 1.27. The van der Waals surface area contributed by atoms with Gasteiger partial charge in [0.15, 0.2) is 15.9 Å². The molecule has 0 bridgehead atoms. The van der Waals surface area contributed by atoms with Gasteiger partial charge in [-0.25, -0.2) is 13.2 Å². The molecule has 2 aromatic rings. The standard InChI is InChI=1S/C17H16N2O7S/c1-11(16(20)18-13-8-4-5-9-14(13)19(22)23)26-17(21)12-7-3-6-10-15(12)27(2,24)25/h3-11H,1-2H3,(H,18,20)/t11-/m0/s1. The highest BCUT2D eigenvalue weighted by Crippen LogP contribution is 2.23. The Morgan fingerprint density at radius 1 is 1.11 bits per heavy atom. The van der Waals surface area contributed by atoms with Crippen LogP contribution in [0, 0.1) is 10.1 Å². The van der Waals surface area contributed by atoms with Crippen molar-refractivity contribution in [2.75, 3.05) is 11.6 Å². The summed E-state index contributed by atoms with van der Waals surface area (Å²) in [5.74, 6) is -1.80. The van der Waals surface area contributed by atoms with Gasteiger partial charge in [-0.05, 0) is 25.1 Å². The van der Waals surface area contributed by atoms with Gasteiger partial charge >= 0.3 is 5.97 Å². The van der Waals surface area contributed by atoms with Crippen LogP contribution < -0.4 is 5.32 Å². The molecule has 0 heterocycles. The van der Waals surface area contributed by atoms with Crippen molar-refractivity contribution < 1.29 is 27.7 Å². The number of nitrogens with one attached hydrogen (secondary N) is 1. The summed E-state index contributed by atoms with van der Waals surface area (Å²) in [7, 11) is -3.67. The van der Waals surface area contributed by atoms with Crippen molar-refractivity contribution in [2.45, 2.75) is 17.9 Å². The molecule has 0 spiro atoms. The molecule has 27 heavy (non-hydrogen) atoms. The molecule has 10 heteroatoms. The maximum absolute atomic E-state index is 12.3. The molecule has 142 valence electrons. The first-order chi connectivity index (χ1) is 12.6. The van der Waals surface area contributed by atoms with Crippen LogP contribution in [-0.2, 0) is 19.4 Å². The fraction of sp³-hybridized carbons (Fsp3) is 0.176. The maximum Gasteiger partial charge on any atom is 0.340 e. The van der Waals surface area contributed by atoms with E-state index < -0.39 is 32.7 Å². The number of ether oxygens (including phenoxy) is 1. The molecular formula is C17H16N2O7S. The summed E-state index contributed by atoms with van der Waals surface area (Å²) in [4.78, 5) is 34.6. The molecule has 0 aliphatic carbocycles. The summed E-state index contributed by atoms with van der Waals surface area (Å²) < 4.78 is 28.6. The van der Waals surface area contributed by atoms with Crippen molar-refractivity contribution in [3.63, 3.8) is 0 Å². The second-order valence-electron chi connectivity index (χ2n) is 5.58. The number of hydrogen-bond acceptors (Lipinski definition) is 7. The number of carbonyl (C=O) groups excluding carboxylic acids is 2. The summed E-state index contributed by atoms with van der Waals surface area (Å²) in [5.41, 5.74) is -0.566. The van der Waals surface area contributed by atoms with E-state index in [1.165, 1.54) is 55.5 Å². The Labute approximate surface area is 155 Å². The number of esters is 1. The zero-order chi connectivity index (χ0) is 20.2. The van der Waals surface area contributed by atoms with Crippen LogP contribution in [0.5, 0.6) is 0 Å². The Morgan fingerprint density at radius 2 is 1.70 bits per heavy atom. The number of nitro groups is 1. The first kappa shape index (κ1) is 20.0. The molecule has 0 saturated heterocycles. The molecule has 0 unspecified atom stereocenters. The highest BCUT2D eigenvalue weighted by molar-refractivity contribution is 7.90. The number of nitrogens with zero attached hydrogens (tertiary/aromatic N) is 1. The van der Waals surface area contributed by atoms with Gasteiger partial charge in [-0.3, -0.25) is 14.9 Å². The average molecular weight is 392 g/mol. The van der Waals surface area contributed by atoms with E-state index in [1.54, 1.807) is 0 Å². The SMILES string of the molecule is C[C@H](OC(=O)c1ccccc1S(C)(=O)=O)C(=O)Nc1ccccc1[N+](=O)[O-]. The van der Waals surface area contributed by atoms with Gasteiger partial charge in [0, 0.05) is 12.3 Å². The van der Waals surface area contributed by atoms with Crippen LogP contribution >= 0.6 is 0 Å². The van der Waals surface area contributed by atoms with Crippen molar-refractivity contribution in [1.29, 1.82) is 0 Å². The lowest BCUT2D eigenvalue weighted by Gasteiger charge is -2.14. The molecule has 1 atom stereocenters. The molecule has 9 nitrogen and oxygen atoms in total. The zero-order valence-electron chi connectivity index (χ0n) is 14.4. The van der Waals surface area contributed by atoms with Gasteiger partial charge in [0.2, 0.25) is 0 Å². The number of anilines is 1. The number of rotatable bonds is 6. The third-order valence-electron chi connectivity index (χ3n) is 3.52. The zero-order valence-corrected chi connectivity index (χ0v) is 15.2. The highest BCUT2D eigenvalue weighted by atomic mass is 32.2. The van der Waals surface area contributed by atoms with Gasteiger partial charge in [0.05, 0.1) is 15.4 Å². The molecular weight excluding hydrogens is 376 g/mol. The maximum atomic E-state index is 12.3. The number of sulfone groups is 1. The minimum absolute atomic E-state index is 0.0491.